The Bertz CT molecular complexity index is 133. The van der Waals surface area contributed by atoms with Crippen LogP contribution < -0.4 is 0 Å². The Morgan fingerprint density at radius 1 is 1.27 bits per heavy atom. The van der Waals surface area contributed by atoms with Crippen molar-refractivity contribution in [2.24, 2.45) is 16.7 Å². The molecule has 0 aromatic carbocycles. The average Bonchev–Trinajstić information content (AvgIpc) is 1.78. The van der Waals surface area contributed by atoms with E-state index in [0.29, 0.717) is 10.8 Å². The number of hydrogen-bond acceptors (Lipinski definition) is 0. The first kappa shape index (κ1) is 9.09. The summed E-state index contributed by atoms with van der Waals surface area (Å²) in [6.07, 6.45) is 4.28. The smallest absolute Gasteiger partial charge is 0.0272 e. The molecule has 0 nitrogen and oxygen atoms in total. The van der Waals surface area contributed by atoms with E-state index in [-0.39, 0.29) is 0 Å². The Balaban J connectivity index is 2.49. The molecular formula is C11H22. The molecule has 0 heterocycles. The normalized spacial score (nSPS) is 38.5. The quantitative estimate of drug-likeness (QED) is 0.538. The van der Waals surface area contributed by atoms with E-state index < -0.39 is 0 Å². The molecular weight excluding hydrogens is 132 g/mol. The minimum Gasteiger partial charge on any atom is -0.0651 e. The lowest BCUT2D eigenvalue weighted by Crippen LogP contribution is -2.44. The Labute approximate surface area is 71.4 Å². The van der Waals surface area contributed by atoms with Crippen molar-refractivity contribution < 1.29 is 0 Å². The van der Waals surface area contributed by atoms with Gasteiger partial charge in [-0.3, -0.25) is 0 Å². The highest BCUT2D eigenvalue weighted by atomic mass is 14.5. The third kappa shape index (κ3) is 1.45. The van der Waals surface area contributed by atoms with Crippen LogP contribution in [-0.4, -0.2) is 0 Å². The van der Waals surface area contributed by atoms with Crippen LogP contribution in [0.4, 0.5) is 0 Å². The molecule has 0 atom stereocenters. The molecule has 0 spiro atoms. The molecule has 0 radical (unpaired) electrons. The topological polar surface area (TPSA) is 0 Å². The van der Waals surface area contributed by atoms with Crippen molar-refractivity contribution in [1.29, 1.82) is 0 Å². The van der Waals surface area contributed by atoms with Crippen LogP contribution in [0.25, 0.3) is 0 Å². The molecule has 1 rings (SSSR count). The summed E-state index contributed by atoms with van der Waals surface area (Å²) in [5, 5.41) is 0. The standard InChI is InChI=1S/C11H22/c1-6-9-7-11(5,8-9)10(2,3)4/h9H,6-8H2,1-5H3. The Kier molecular flexibility index (Phi) is 2.07. The van der Waals surface area contributed by atoms with Gasteiger partial charge in [0.2, 0.25) is 0 Å². The molecule has 0 aliphatic heterocycles. The summed E-state index contributed by atoms with van der Waals surface area (Å²) in [6.45, 7) is 11.9. The van der Waals surface area contributed by atoms with Crippen LogP contribution in [0, 0.1) is 16.7 Å². The number of rotatable bonds is 1. The molecule has 1 fully saturated rings. The fourth-order valence-corrected chi connectivity index (χ4v) is 2.12. The molecule has 0 amide bonds. The van der Waals surface area contributed by atoms with E-state index in [4.69, 9.17) is 0 Å². The van der Waals surface area contributed by atoms with E-state index in [9.17, 15) is 0 Å². The molecule has 66 valence electrons. The van der Waals surface area contributed by atoms with Crippen LogP contribution in [0.2, 0.25) is 0 Å². The Hall–Kier alpha value is 0. The van der Waals surface area contributed by atoms with Crippen LogP contribution in [0.15, 0.2) is 0 Å². The van der Waals surface area contributed by atoms with E-state index in [1.165, 1.54) is 19.3 Å². The molecule has 0 bridgehead atoms. The highest BCUT2D eigenvalue weighted by molar-refractivity contribution is 4.97. The second-order valence-electron chi connectivity index (χ2n) is 5.49. The first-order chi connectivity index (χ1) is 4.89. The van der Waals surface area contributed by atoms with Crippen molar-refractivity contribution in [3.63, 3.8) is 0 Å². The lowest BCUT2D eigenvalue weighted by Gasteiger charge is -2.54. The van der Waals surface area contributed by atoms with E-state index in [1.807, 2.05) is 0 Å². The minimum atomic E-state index is 0.513. The highest BCUT2D eigenvalue weighted by Gasteiger charge is 2.46. The molecule has 0 aromatic rings. The molecule has 0 unspecified atom stereocenters. The van der Waals surface area contributed by atoms with Gasteiger partial charge in [-0.1, -0.05) is 41.0 Å². The van der Waals surface area contributed by atoms with Crippen molar-refractivity contribution >= 4 is 0 Å². The maximum Gasteiger partial charge on any atom is -0.0272 e. The lowest BCUT2D eigenvalue weighted by atomic mass is 9.51. The van der Waals surface area contributed by atoms with Crippen molar-refractivity contribution in [2.75, 3.05) is 0 Å². The third-order valence-corrected chi connectivity index (χ3v) is 3.87. The monoisotopic (exact) mass is 154 g/mol. The predicted octanol–water partition coefficient (Wildman–Crippen LogP) is 3.86. The van der Waals surface area contributed by atoms with Gasteiger partial charge in [-0.25, -0.2) is 0 Å². The van der Waals surface area contributed by atoms with Crippen LogP contribution in [-0.2, 0) is 0 Å². The molecule has 1 saturated carbocycles. The summed E-state index contributed by atoms with van der Waals surface area (Å²) < 4.78 is 0. The maximum absolute atomic E-state index is 2.44. The molecule has 0 aromatic heterocycles. The largest absolute Gasteiger partial charge is 0.0651 e. The van der Waals surface area contributed by atoms with Gasteiger partial charge < -0.3 is 0 Å². The summed E-state index contributed by atoms with van der Waals surface area (Å²) in [5.41, 5.74) is 1.15. The van der Waals surface area contributed by atoms with Gasteiger partial charge in [0.05, 0.1) is 0 Å². The van der Waals surface area contributed by atoms with Gasteiger partial charge in [0.25, 0.3) is 0 Å². The highest BCUT2D eigenvalue weighted by Crippen LogP contribution is 2.56. The predicted molar refractivity (Wildman–Crippen MR) is 50.6 cm³/mol. The van der Waals surface area contributed by atoms with Crippen molar-refractivity contribution in [1.82, 2.24) is 0 Å². The summed E-state index contributed by atoms with van der Waals surface area (Å²) >= 11 is 0. The molecule has 0 N–H and O–H groups in total. The summed E-state index contributed by atoms with van der Waals surface area (Å²) in [5.74, 6) is 1.03. The van der Waals surface area contributed by atoms with Crippen LogP contribution in [0.3, 0.4) is 0 Å². The van der Waals surface area contributed by atoms with Gasteiger partial charge in [0.1, 0.15) is 0 Å². The van der Waals surface area contributed by atoms with E-state index in [0.717, 1.165) is 5.92 Å². The minimum absolute atomic E-state index is 0.513. The molecule has 1 aliphatic rings. The first-order valence-corrected chi connectivity index (χ1v) is 4.89. The molecule has 1 aliphatic carbocycles. The van der Waals surface area contributed by atoms with Crippen molar-refractivity contribution in [3.8, 4) is 0 Å². The average molecular weight is 154 g/mol. The molecule has 11 heavy (non-hydrogen) atoms. The summed E-state index contributed by atoms with van der Waals surface area (Å²) in [7, 11) is 0. The van der Waals surface area contributed by atoms with Gasteiger partial charge in [-0.05, 0) is 29.6 Å². The SMILES string of the molecule is CCC1CC(C)(C(C)(C)C)C1. The maximum atomic E-state index is 2.44. The zero-order chi connectivity index (χ0) is 8.70. The summed E-state index contributed by atoms with van der Waals surface area (Å²) in [6, 6.07) is 0. The second-order valence-corrected chi connectivity index (χ2v) is 5.49. The second kappa shape index (κ2) is 2.50. The van der Waals surface area contributed by atoms with Gasteiger partial charge in [0.15, 0.2) is 0 Å². The summed E-state index contributed by atoms with van der Waals surface area (Å²) in [4.78, 5) is 0. The van der Waals surface area contributed by atoms with Crippen molar-refractivity contribution in [2.45, 2.75) is 53.9 Å². The Morgan fingerprint density at radius 3 is 2.00 bits per heavy atom. The van der Waals surface area contributed by atoms with Crippen LogP contribution in [0.1, 0.15) is 53.9 Å². The van der Waals surface area contributed by atoms with Gasteiger partial charge in [-0.15, -0.1) is 0 Å². The first-order valence-electron chi connectivity index (χ1n) is 4.89. The zero-order valence-electron chi connectivity index (χ0n) is 8.70. The van der Waals surface area contributed by atoms with Crippen LogP contribution >= 0.6 is 0 Å². The third-order valence-electron chi connectivity index (χ3n) is 3.87. The van der Waals surface area contributed by atoms with Crippen LogP contribution in [0.5, 0.6) is 0 Å². The zero-order valence-corrected chi connectivity index (χ0v) is 8.70. The lowest BCUT2D eigenvalue weighted by molar-refractivity contribution is -0.0345. The number of hydrogen-bond donors (Lipinski definition) is 0. The van der Waals surface area contributed by atoms with Gasteiger partial charge in [0, 0.05) is 0 Å². The molecule has 0 heteroatoms. The fourth-order valence-electron chi connectivity index (χ4n) is 2.12. The Morgan fingerprint density at radius 2 is 1.73 bits per heavy atom. The van der Waals surface area contributed by atoms with E-state index in [1.54, 1.807) is 0 Å². The molecule has 0 saturated heterocycles. The van der Waals surface area contributed by atoms with Crippen molar-refractivity contribution in [3.05, 3.63) is 0 Å². The fraction of sp³-hybridized carbons (Fsp3) is 1.00. The van der Waals surface area contributed by atoms with E-state index in [2.05, 4.69) is 34.6 Å². The van der Waals surface area contributed by atoms with Gasteiger partial charge >= 0.3 is 0 Å². The van der Waals surface area contributed by atoms with E-state index >= 15 is 0 Å². The van der Waals surface area contributed by atoms with Gasteiger partial charge in [-0.2, -0.15) is 0 Å².